The highest BCUT2D eigenvalue weighted by Gasteiger charge is 2.31. The van der Waals surface area contributed by atoms with E-state index < -0.39 is 16.1 Å². The van der Waals surface area contributed by atoms with Crippen molar-refractivity contribution >= 4 is 21.6 Å². The van der Waals surface area contributed by atoms with Crippen molar-refractivity contribution in [1.29, 1.82) is 0 Å². The molecule has 0 fully saturated rings. The van der Waals surface area contributed by atoms with Crippen molar-refractivity contribution in [3.05, 3.63) is 53.1 Å². The van der Waals surface area contributed by atoms with E-state index in [1.165, 1.54) is 14.2 Å². The fourth-order valence-corrected chi connectivity index (χ4v) is 4.85. The molecule has 0 heterocycles. The zero-order valence-corrected chi connectivity index (χ0v) is 20.0. The van der Waals surface area contributed by atoms with Gasteiger partial charge in [0, 0.05) is 6.07 Å². The maximum atomic E-state index is 13.1. The van der Waals surface area contributed by atoms with Crippen LogP contribution in [-0.4, -0.2) is 40.8 Å². The maximum absolute atomic E-state index is 13.1. The fraction of sp³-hybridized carbons (Fsp3) is 0.435. The molecule has 2 rings (SSSR count). The Morgan fingerprint density at radius 2 is 1.71 bits per heavy atom. The Balaban J connectivity index is 2.37. The largest absolute Gasteiger partial charge is 0.493 e. The first-order chi connectivity index (χ1) is 14.5. The highest BCUT2D eigenvalue weighted by Crippen LogP contribution is 2.33. The van der Waals surface area contributed by atoms with Crippen molar-refractivity contribution in [3.8, 4) is 11.5 Å². The number of ether oxygens (including phenoxy) is 2. The second kappa shape index (κ2) is 10.0. The van der Waals surface area contributed by atoms with Crippen LogP contribution in [0.1, 0.15) is 43.0 Å². The van der Waals surface area contributed by atoms with E-state index in [0.717, 1.165) is 27.3 Å². The Hall–Kier alpha value is -2.74. The molecule has 8 heteroatoms. The Labute approximate surface area is 185 Å². The van der Waals surface area contributed by atoms with Gasteiger partial charge in [-0.3, -0.25) is 9.10 Å². The summed E-state index contributed by atoms with van der Waals surface area (Å²) in [6.45, 7) is 7.58. The minimum absolute atomic E-state index is 0.220. The van der Waals surface area contributed by atoms with Gasteiger partial charge in [0.25, 0.3) is 0 Å². The van der Waals surface area contributed by atoms with Crippen molar-refractivity contribution < 1.29 is 22.7 Å². The van der Waals surface area contributed by atoms with Gasteiger partial charge in [-0.15, -0.1) is 0 Å². The van der Waals surface area contributed by atoms with E-state index in [9.17, 15) is 13.2 Å². The molecule has 0 aliphatic rings. The summed E-state index contributed by atoms with van der Waals surface area (Å²) >= 11 is 0. The molecular weight excluding hydrogens is 416 g/mol. The lowest BCUT2D eigenvalue weighted by atomic mass is 9.97. The van der Waals surface area contributed by atoms with E-state index in [1.54, 1.807) is 25.1 Å². The van der Waals surface area contributed by atoms with Gasteiger partial charge in [0.2, 0.25) is 15.9 Å². The van der Waals surface area contributed by atoms with Gasteiger partial charge in [0.1, 0.15) is 6.04 Å². The third kappa shape index (κ3) is 5.70. The minimum atomic E-state index is -3.75. The summed E-state index contributed by atoms with van der Waals surface area (Å²) in [6.07, 6.45) is 1.76. The molecular formula is C23H32N2O5S. The van der Waals surface area contributed by atoms with E-state index in [2.05, 4.69) is 11.4 Å². The molecule has 0 saturated heterocycles. The number of benzene rings is 2. The SMILES string of the molecule is CCC(NC(=O)C(C)N(c1ccc(OC)c(OC)c1)S(C)(=O)=O)c1ccc(C)cc1C. The van der Waals surface area contributed by atoms with Crippen LogP contribution < -0.4 is 19.1 Å². The molecule has 0 bridgehead atoms. The third-order valence-corrected chi connectivity index (χ3v) is 6.48. The summed E-state index contributed by atoms with van der Waals surface area (Å²) in [5.41, 5.74) is 3.57. The van der Waals surface area contributed by atoms with E-state index >= 15 is 0 Å². The molecule has 0 aliphatic heterocycles. The standard InChI is InChI=1S/C23H32N2O5S/c1-8-20(19-11-9-15(2)13-16(19)3)24-23(26)17(4)25(31(7,27)28)18-10-12-21(29-5)22(14-18)30-6/h9-14,17,20H,8H2,1-7H3,(H,24,26). The van der Waals surface area contributed by atoms with Crippen molar-refractivity contribution in [1.82, 2.24) is 5.32 Å². The molecule has 0 aliphatic carbocycles. The quantitative estimate of drug-likeness (QED) is 0.632. The minimum Gasteiger partial charge on any atom is -0.493 e. The first-order valence-corrected chi connectivity index (χ1v) is 12.0. The molecule has 2 atom stereocenters. The number of sulfonamides is 1. The number of anilines is 1. The highest BCUT2D eigenvalue weighted by molar-refractivity contribution is 7.92. The number of methoxy groups -OCH3 is 2. The van der Waals surface area contributed by atoms with Gasteiger partial charge in [-0.05, 0) is 50.5 Å². The monoisotopic (exact) mass is 448 g/mol. The first kappa shape index (κ1) is 24.5. The molecule has 2 aromatic carbocycles. The number of rotatable bonds is 9. The van der Waals surface area contributed by atoms with Gasteiger partial charge in [0.15, 0.2) is 11.5 Å². The summed E-state index contributed by atoms with van der Waals surface area (Å²) < 4.78 is 36.9. The molecule has 0 spiro atoms. The second-order valence-corrected chi connectivity index (χ2v) is 9.46. The normalized spacial score (nSPS) is 13.3. The van der Waals surface area contributed by atoms with Crippen LogP contribution >= 0.6 is 0 Å². The van der Waals surface area contributed by atoms with Crippen LogP contribution in [0.4, 0.5) is 5.69 Å². The summed E-state index contributed by atoms with van der Waals surface area (Å²) in [5, 5.41) is 3.02. The lowest BCUT2D eigenvalue weighted by Crippen LogP contribution is -2.48. The van der Waals surface area contributed by atoms with E-state index in [-0.39, 0.29) is 11.9 Å². The number of hydrogen-bond acceptors (Lipinski definition) is 5. The molecule has 170 valence electrons. The molecule has 0 aromatic heterocycles. The molecule has 7 nitrogen and oxygen atoms in total. The second-order valence-electron chi connectivity index (χ2n) is 7.60. The fourth-order valence-electron chi connectivity index (χ4n) is 3.68. The number of nitrogens with zero attached hydrogens (tertiary/aromatic N) is 1. The maximum Gasteiger partial charge on any atom is 0.244 e. The topological polar surface area (TPSA) is 84.9 Å². The average Bonchev–Trinajstić information content (AvgIpc) is 2.71. The number of nitrogens with one attached hydrogen (secondary N) is 1. The molecule has 2 aromatic rings. The molecule has 0 saturated carbocycles. The number of amides is 1. The summed E-state index contributed by atoms with van der Waals surface area (Å²) in [4.78, 5) is 13.1. The van der Waals surface area contributed by atoms with Crippen LogP contribution in [0.3, 0.4) is 0 Å². The predicted molar refractivity (Wildman–Crippen MR) is 123 cm³/mol. The molecule has 1 N–H and O–H groups in total. The zero-order valence-electron chi connectivity index (χ0n) is 19.2. The molecule has 1 amide bonds. The van der Waals surface area contributed by atoms with Crippen LogP contribution in [0.15, 0.2) is 36.4 Å². The van der Waals surface area contributed by atoms with Crippen LogP contribution in [0.5, 0.6) is 11.5 Å². The Morgan fingerprint density at radius 1 is 1.06 bits per heavy atom. The third-order valence-electron chi connectivity index (χ3n) is 5.24. The Kier molecular flexibility index (Phi) is 7.95. The van der Waals surface area contributed by atoms with Gasteiger partial charge in [0.05, 0.1) is 32.2 Å². The smallest absolute Gasteiger partial charge is 0.244 e. The van der Waals surface area contributed by atoms with Gasteiger partial charge >= 0.3 is 0 Å². The lowest BCUT2D eigenvalue weighted by molar-refractivity contribution is -0.122. The predicted octanol–water partition coefficient (Wildman–Crippen LogP) is 3.74. The van der Waals surface area contributed by atoms with Crippen LogP contribution in [0, 0.1) is 13.8 Å². The van der Waals surface area contributed by atoms with Gasteiger partial charge in [-0.1, -0.05) is 30.7 Å². The lowest BCUT2D eigenvalue weighted by Gasteiger charge is -2.30. The summed E-state index contributed by atoms with van der Waals surface area (Å²) in [6, 6.07) is 9.65. The van der Waals surface area contributed by atoms with Crippen molar-refractivity contribution in [2.24, 2.45) is 0 Å². The number of hydrogen-bond donors (Lipinski definition) is 1. The Bertz CT molecular complexity index is 1040. The number of carbonyl (C=O) groups is 1. The zero-order chi connectivity index (χ0) is 23.3. The number of carbonyl (C=O) groups excluding carboxylic acids is 1. The van der Waals surface area contributed by atoms with Crippen LogP contribution in [0.2, 0.25) is 0 Å². The van der Waals surface area contributed by atoms with Crippen molar-refractivity contribution in [2.75, 3.05) is 24.8 Å². The molecule has 0 radical (unpaired) electrons. The van der Waals surface area contributed by atoms with Crippen LogP contribution in [0.25, 0.3) is 0 Å². The van der Waals surface area contributed by atoms with Gasteiger partial charge < -0.3 is 14.8 Å². The van der Waals surface area contributed by atoms with Crippen molar-refractivity contribution in [2.45, 2.75) is 46.2 Å². The van der Waals surface area contributed by atoms with E-state index in [0.29, 0.717) is 23.6 Å². The van der Waals surface area contributed by atoms with Gasteiger partial charge in [-0.2, -0.15) is 0 Å². The highest BCUT2D eigenvalue weighted by atomic mass is 32.2. The first-order valence-electron chi connectivity index (χ1n) is 10.1. The summed E-state index contributed by atoms with van der Waals surface area (Å²) in [7, 11) is -0.781. The van der Waals surface area contributed by atoms with Crippen LogP contribution in [-0.2, 0) is 14.8 Å². The van der Waals surface area contributed by atoms with E-state index in [1.807, 2.05) is 32.9 Å². The Morgan fingerprint density at radius 3 is 2.23 bits per heavy atom. The van der Waals surface area contributed by atoms with Crippen molar-refractivity contribution in [3.63, 3.8) is 0 Å². The molecule has 31 heavy (non-hydrogen) atoms. The van der Waals surface area contributed by atoms with E-state index in [4.69, 9.17) is 9.47 Å². The molecule has 2 unspecified atom stereocenters. The number of aryl methyl sites for hydroxylation is 2. The summed E-state index contributed by atoms with van der Waals surface area (Å²) in [5.74, 6) is 0.465. The van der Waals surface area contributed by atoms with Gasteiger partial charge in [-0.25, -0.2) is 8.42 Å². The average molecular weight is 449 g/mol.